The average Bonchev–Trinajstić information content (AvgIpc) is 3.29. The third kappa shape index (κ3) is 2.96. The van der Waals surface area contributed by atoms with E-state index < -0.39 is 5.54 Å². The van der Waals surface area contributed by atoms with Gasteiger partial charge in [-0.15, -0.1) is 0 Å². The molecule has 5 nitrogen and oxygen atoms in total. The highest BCUT2D eigenvalue weighted by molar-refractivity contribution is 5.82. The lowest BCUT2D eigenvalue weighted by Gasteiger charge is -2.36. The van der Waals surface area contributed by atoms with Crippen LogP contribution < -0.4 is 5.32 Å². The number of carbonyl (C=O) groups excluding carboxylic acids is 1. The van der Waals surface area contributed by atoms with Crippen molar-refractivity contribution in [2.45, 2.75) is 43.7 Å². The third-order valence-electron chi connectivity index (χ3n) is 5.63. The Balaban J connectivity index is 1.71. The Hall–Kier alpha value is -0.650. The molecule has 1 N–H and O–H groups in total. The van der Waals surface area contributed by atoms with E-state index in [9.17, 15) is 4.79 Å². The van der Waals surface area contributed by atoms with Gasteiger partial charge >= 0.3 is 5.97 Å². The van der Waals surface area contributed by atoms with E-state index in [4.69, 9.17) is 4.74 Å². The Morgan fingerprint density at radius 2 is 2.00 bits per heavy atom. The summed E-state index contributed by atoms with van der Waals surface area (Å²) in [6, 6.07) is 0.693. The van der Waals surface area contributed by atoms with Gasteiger partial charge in [0.2, 0.25) is 0 Å². The van der Waals surface area contributed by atoms with Gasteiger partial charge in [0.05, 0.1) is 7.11 Å². The second kappa shape index (κ2) is 6.23. The molecule has 0 amide bonds. The van der Waals surface area contributed by atoms with Crippen molar-refractivity contribution in [1.82, 2.24) is 15.1 Å². The predicted octanol–water partition coefficient (Wildman–Crippen LogP) is 0.698. The van der Waals surface area contributed by atoms with E-state index in [-0.39, 0.29) is 5.97 Å². The van der Waals surface area contributed by atoms with Crippen molar-refractivity contribution >= 4 is 5.97 Å². The number of rotatable bonds is 5. The van der Waals surface area contributed by atoms with Gasteiger partial charge in [-0.2, -0.15) is 0 Å². The molecule has 0 aromatic heterocycles. The molecule has 1 aliphatic carbocycles. The van der Waals surface area contributed by atoms with Crippen LogP contribution in [0.2, 0.25) is 0 Å². The van der Waals surface area contributed by atoms with Crippen LogP contribution in [-0.4, -0.2) is 74.2 Å². The van der Waals surface area contributed by atoms with Crippen molar-refractivity contribution in [3.63, 3.8) is 0 Å². The van der Waals surface area contributed by atoms with Gasteiger partial charge in [-0.05, 0) is 64.7 Å². The standard InChI is InChI=1S/C16H29N3O2/c1-17-16(13-6-7-13,15(20)21-2)12-18-8-4-10-19-9-3-5-14(19)11-18/h13-14,17H,3-12H2,1-2H3. The van der Waals surface area contributed by atoms with E-state index in [2.05, 4.69) is 15.1 Å². The lowest BCUT2D eigenvalue weighted by molar-refractivity contribution is -0.150. The summed E-state index contributed by atoms with van der Waals surface area (Å²) in [7, 11) is 3.42. The monoisotopic (exact) mass is 295 g/mol. The van der Waals surface area contributed by atoms with Crippen LogP contribution in [0.25, 0.3) is 0 Å². The largest absolute Gasteiger partial charge is 0.468 e. The molecule has 2 heterocycles. The van der Waals surface area contributed by atoms with E-state index in [1.165, 1.54) is 39.5 Å². The molecule has 2 unspecified atom stereocenters. The van der Waals surface area contributed by atoms with E-state index in [1.807, 2.05) is 7.05 Å². The van der Waals surface area contributed by atoms with Crippen LogP contribution in [0.4, 0.5) is 0 Å². The van der Waals surface area contributed by atoms with Gasteiger partial charge in [0.15, 0.2) is 0 Å². The van der Waals surface area contributed by atoms with Crippen molar-refractivity contribution < 1.29 is 9.53 Å². The van der Waals surface area contributed by atoms with Gasteiger partial charge in [-0.1, -0.05) is 0 Å². The summed E-state index contributed by atoms with van der Waals surface area (Å²) in [5.74, 6) is 0.359. The molecule has 0 spiro atoms. The van der Waals surface area contributed by atoms with Gasteiger partial charge in [-0.3, -0.25) is 9.80 Å². The minimum Gasteiger partial charge on any atom is -0.468 e. The zero-order valence-electron chi connectivity index (χ0n) is 13.4. The van der Waals surface area contributed by atoms with E-state index in [0.29, 0.717) is 12.0 Å². The second-order valence-corrected chi connectivity index (χ2v) is 6.91. The topological polar surface area (TPSA) is 44.8 Å². The van der Waals surface area contributed by atoms with Crippen LogP contribution in [0.3, 0.4) is 0 Å². The van der Waals surface area contributed by atoms with E-state index >= 15 is 0 Å². The fourth-order valence-electron chi connectivity index (χ4n) is 4.28. The molecular weight excluding hydrogens is 266 g/mol. The van der Waals surface area contributed by atoms with Gasteiger partial charge in [0.1, 0.15) is 5.54 Å². The summed E-state index contributed by atoms with van der Waals surface area (Å²) in [6.07, 6.45) is 6.13. The predicted molar refractivity (Wildman–Crippen MR) is 82.2 cm³/mol. The molecular formula is C16H29N3O2. The number of ether oxygens (including phenoxy) is 1. The number of likely N-dealkylation sites (N-methyl/N-ethyl adjacent to an activating group) is 1. The highest BCUT2D eigenvalue weighted by Crippen LogP contribution is 2.41. The van der Waals surface area contributed by atoms with Crippen LogP contribution in [0.5, 0.6) is 0 Å². The lowest BCUT2D eigenvalue weighted by atomic mass is 9.92. The van der Waals surface area contributed by atoms with Gasteiger partial charge in [0.25, 0.3) is 0 Å². The van der Waals surface area contributed by atoms with Crippen molar-refractivity contribution in [3.05, 3.63) is 0 Å². The van der Waals surface area contributed by atoms with E-state index in [0.717, 1.165) is 32.5 Å². The molecule has 2 atom stereocenters. The normalized spacial score (nSPS) is 30.5. The first kappa shape index (κ1) is 15.3. The van der Waals surface area contributed by atoms with Crippen molar-refractivity contribution in [1.29, 1.82) is 0 Å². The Labute approximate surface area is 128 Å². The molecule has 3 fully saturated rings. The Bertz CT molecular complexity index is 386. The summed E-state index contributed by atoms with van der Waals surface area (Å²) in [4.78, 5) is 17.5. The Morgan fingerprint density at radius 1 is 1.24 bits per heavy atom. The van der Waals surface area contributed by atoms with Crippen molar-refractivity contribution in [3.8, 4) is 0 Å². The molecule has 0 aromatic carbocycles. The molecule has 0 radical (unpaired) electrons. The first-order chi connectivity index (χ1) is 10.2. The molecule has 2 saturated heterocycles. The minimum absolute atomic E-state index is 0.0833. The highest BCUT2D eigenvalue weighted by Gasteiger charge is 2.52. The zero-order valence-corrected chi connectivity index (χ0v) is 13.4. The smallest absolute Gasteiger partial charge is 0.327 e. The maximum atomic E-state index is 12.4. The second-order valence-electron chi connectivity index (χ2n) is 6.91. The van der Waals surface area contributed by atoms with Gasteiger partial charge in [-0.25, -0.2) is 4.79 Å². The highest BCUT2D eigenvalue weighted by atomic mass is 16.5. The number of nitrogens with one attached hydrogen (secondary N) is 1. The number of esters is 1. The molecule has 5 heteroatoms. The fraction of sp³-hybridized carbons (Fsp3) is 0.938. The summed E-state index contributed by atoms with van der Waals surface area (Å²) in [6.45, 7) is 5.48. The van der Waals surface area contributed by atoms with Crippen LogP contribution in [0, 0.1) is 5.92 Å². The summed E-state index contributed by atoms with van der Waals surface area (Å²) in [5.41, 5.74) is -0.497. The fourth-order valence-corrected chi connectivity index (χ4v) is 4.28. The zero-order chi connectivity index (χ0) is 14.9. The number of fused-ring (bicyclic) bond motifs is 1. The van der Waals surface area contributed by atoms with Crippen molar-refractivity contribution in [2.24, 2.45) is 5.92 Å². The Kier molecular flexibility index (Phi) is 4.52. The summed E-state index contributed by atoms with van der Waals surface area (Å²) < 4.78 is 5.13. The Morgan fingerprint density at radius 3 is 2.67 bits per heavy atom. The quantitative estimate of drug-likeness (QED) is 0.757. The maximum Gasteiger partial charge on any atom is 0.327 e. The maximum absolute atomic E-state index is 12.4. The molecule has 0 aromatic rings. The SMILES string of the molecule is CNC(CN1CCCN2CCCC2C1)(C(=O)OC)C1CC1. The molecule has 2 aliphatic heterocycles. The first-order valence-corrected chi connectivity index (χ1v) is 8.43. The number of carbonyl (C=O) groups is 1. The number of methoxy groups -OCH3 is 1. The lowest BCUT2D eigenvalue weighted by Crippen LogP contribution is -2.60. The number of hydrogen-bond donors (Lipinski definition) is 1. The van der Waals surface area contributed by atoms with Crippen LogP contribution in [0.1, 0.15) is 32.1 Å². The van der Waals surface area contributed by atoms with Crippen LogP contribution in [-0.2, 0) is 9.53 Å². The molecule has 3 rings (SSSR count). The number of nitrogens with zero attached hydrogens (tertiary/aromatic N) is 2. The molecule has 1 saturated carbocycles. The molecule has 120 valence electrons. The first-order valence-electron chi connectivity index (χ1n) is 8.43. The van der Waals surface area contributed by atoms with Gasteiger partial charge in [0, 0.05) is 19.1 Å². The average molecular weight is 295 g/mol. The minimum atomic E-state index is -0.497. The van der Waals surface area contributed by atoms with Crippen LogP contribution >= 0.6 is 0 Å². The van der Waals surface area contributed by atoms with Crippen LogP contribution in [0.15, 0.2) is 0 Å². The van der Waals surface area contributed by atoms with Crippen molar-refractivity contribution in [2.75, 3.05) is 46.9 Å². The number of hydrogen-bond acceptors (Lipinski definition) is 5. The van der Waals surface area contributed by atoms with E-state index in [1.54, 1.807) is 0 Å². The molecule has 21 heavy (non-hydrogen) atoms. The van der Waals surface area contributed by atoms with Gasteiger partial charge < -0.3 is 10.1 Å². The summed E-state index contributed by atoms with van der Waals surface area (Å²) in [5, 5.41) is 3.33. The molecule has 3 aliphatic rings. The molecule has 0 bridgehead atoms. The third-order valence-corrected chi connectivity index (χ3v) is 5.63. The summed E-state index contributed by atoms with van der Waals surface area (Å²) >= 11 is 0.